The molecule has 4 aromatic rings. The number of ether oxygens (including phenoxy) is 1. The summed E-state index contributed by atoms with van der Waals surface area (Å²) < 4.78 is 5.27. The van der Waals surface area contributed by atoms with Gasteiger partial charge < -0.3 is 14.6 Å². The van der Waals surface area contributed by atoms with Crippen molar-refractivity contribution < 1.29 is 9.53 Å². The molecule has 1 N–H and O–H groups in total. The van der Waals surface area contributed by atoms with Crippen molar-refractivity contribution in [2.24, 2.45) is 0 Å². The van der Waals surface area contributed by atoms with E-state index in [1.165, 1.54) is 0 Å². The van der Waals surface area contributed by atoms with E-state index in [4.69, 9.17) is 4.74 Å². The standard InChI is InChI=1S/C22H20N2O2/c1-24(22(25)21-13-18-5-3-4-6-20(18)23-21)14-15-7-8-17-12-19(26-2)10-9-16(17)11-15/h3-13,23H,14H2,1-2H3. The fourth-order valence-electron chi connectivity index (χ4n) is 3.24. The summed E-state index contributed by atoms with van der Waals surface area (Å²) in [6.45, 7) is 0.552. The van der Waals surface area contributed by atoms with Gasteiger partial charge in [-0.05, 0) is 46.7 Å². The van der Waals surface area contributed by atoms with Crippen molar-refractivity contribution >= 4 is 27.6 Å². The minimum Gasteiger partial charge on any atom is -0.497 e. The Labute approximate surface area is 152 Å². The minimum absolute atomic E-state index is 0.0176. The number of aromatic amines is 1. The number of H-pyrrole nitrogens is 1. The van der Waals surface area contributed by atoms with Gasteiger partial charge in [-0.1, -0.05) is 36.4 Å². The average Bonchev–Trinajstić information content (AvgIpc) is 3.11. The molecule has 0 aliphatic heterocycles. The summed E-state index contributed by atoms with van der Waals surface area (Å²) in [5.74, 6) is 0.826. The molecule has 0 spiro atoms. The van der Waals surface area contributed by atoms with Crippen molar-refractivity contribution in [3.05, 3.63) is 78.0 Å². The molecule has 26 heavy (non-hydrogen) atoms. The molecule has 130 valence electrons. The molecule has 0 aliphatic carbocycles. The molecule has 0 bridgehead atoms. The second-order valence-corrected chi connectivity index (χ2v) is 6.48. The second kappa shape index (κ2) is 6.56. The lowest BCUT2D eigenvalue weighted by Crippen LogP contribution is -2.26. The molecule has 4 heteroatoms. The van der Waals surface area contributed by atoms with Gasteiger partial charge in [0.25, 0.3) is 5.91 Å². The van der Waals surface area contributed by atoms with Crippen LogP contribution in [0.25, 0.3) is 21.7 Å². The Kier molecular flexibility index (Phi) is 4.09. The number of nitrogens with one attached hydrogen (secondary N) is 1. The van der Waals surface area contributed by atoms with E-state index in [9.17, 15) is 4.79 Å². The molecule has 0 aliphatic rings. The van der Waals surface area contributed by atoms with E-state index in [0.717, 1.165) is 33.0 Å². The maximum Gasteiger partial charge on any atom is 0.270 e. The van der Waals surface area contributed by atoms with Crippen LogP contribution in [0.2, 0.25) is 0 Å². The third-order valence-electron chi connectivity index (χ3n) is 4.64. The number of nitrogens with zero attached hydrogens (tertiary/aromatic N) is 1. The van der Waals surface area contributed by atoms with Crippen LogP contribution in [0.15, 0.2) is 66.7 Å². The van der Waals surface area contributed by atoms with Gasteiger partial charge in [-0.3, -0.25) is 4.79 Å². The number of fused-ring (bicyclic) bond motifs is 2. The first-order chi connectivity index (χ1) is 12.6. The number of hydrogen-bond acceptors (Lipinski definition) is 2. The van der Waals surface area contributed by atoms with Gasteiger partial charge in [-0.15, -0.1) is 0 Å². The average molecular weight is 344 g/mol. The van der Waals surface area contributed by atoms with Crippen molar-refractivity contribution in [1.29, 1.82) is 0 Å². The molecule has 0 unspecified atom stereocenters. The lowest BCUT2D eigenvalue weighted by molar-refractivity contribution is 0.0780. The zero-order chi connectivity index (χ0) is 18.1. The Morgan fingerprint density at radius 3 is 2.54 bits per heavy atom. The van der Waals surface area contributed by atoms with Crippen LogP contribution in [0.5, 0.6) is 5.75 Å². The van der Waals surface area contributed by atoms with Crippen LogP contribution in [-0.2, 0) is 6.54 Å². The fraction of sp³-hybridized carbons (Fsp3) is 0.136. The molecule has 1 amide bonds. The molecule has 4 rings (SSSR count). The summed E-state index contributed by atoms with van der Waals surface area (Å²) >= 11 is 0. The van der Waals surface area contributed by atoms with Crippen molar-refractivity contribution in [3.63, 3.8) is 0 Å². The van der Waals surface area contributed by atoms with Crippen molar-refractivity contribution in [1.82, 2.24) is 9.88 Å². The zero-order valence-corrected chi connectivity index (χ0v) is 14.8. The number of aromatic nitrogens is 1. The normalized spacial score (nSPS) is 11.0. The van der Waals surface area contributed by atoms with Crippen LogP contribution in [0.3, 0.4) is 0 Å². The predicted molar refractivity (Wildman–Crippen MR) is 105 cm³/mol. The molecular formula is C22H20N2O2. The van der Waals surface area contributed by atoms with Crippen LogP contribution < -0.4 is 4.74 Å². The number of rotatable bonds is 4. The summed E-state index contributed by atoms with van der Waals surface area (Å²) in [6.07, 6.45) is 0. The van der Waals surface area contributed by atoms with Gasteiger partial charge in [0, 0.05) is 24.5 Å². The van der Waals surface area contributed by atoms with Crippen molar-refractivity contribution in [2.75, 3.05) is 14.2 Å². The SMILES string of the molecule is COc1ccc2cc(CN(C)C(=O)c3cc4ccccc4[nH]3)ccc2c1. The number of carbonyl (C=O) groups excluding carboxylic acids is 1. The minimum atomic E-state index is -0.0176. The number of methoxy groups -OCH3 is 1. The van der Waals surface area contributed by atoms with Crippen LogP contribution in [0, 0.1) is 0 Å². The van der Waals surface area contributed by atoms with Crippen LogP contribution in [-0.4, -0.2) is 29.9 Å². The molecule has 1 heterocycles. The van der Waals surface area contributed by atoms with Crippen LogP contribution in [0.4, 0.5) is 0 Å². The number of para-hydroxylation sites is 1. The predicted octanol–water partition coefficient (Wildman–Crippen LogP) is 4.60. The number of amides is 1. The first kappa shape index (κ1) is 16.2. The van der Waals surface area contributed by atoms with Gasteiger partial charge in [-0.25, -0.2) is 0 Å². The Morgan fingerprint density at radius 2 is 1.73 bits per heavy atom. The molecule has 0 saturated carbocycles. The third kappa shape index (κ3) is 3.02. The van der Waals surface area contributed by atoms with Crippen LogP contribution in [0.1, 0.15) is 16.1 Å². The lowest BCUT2D eigenvalue weighted by atomic mass is 10.1. The first-order valence-electron chi connectivity index (χ1n) is 8.54. The summed E-state index contributed by atoms with van der Waals surface area (Å²) in [5.41, 5.74) is 2.68. The van der Waals surface area contributed by atoms with E-state index in [-0.39, 0.29) is 5.91 Å². The monoisotopic (exact) mass is 344 g/mol. The third-order valence-corrected chi connectivity index (χ3v) is 4.64. The maximum absolute atomic E-state index is 12.7. The van der Waals surface area contributed by atoms with Gasteiger partial charge >= 0.3 is 0 Å². The summed E-state index contributed by atoms with van der Waals surface area (Å²) in [7, 11) is 3.49. The van der Waals surface area contributed by atoms with E-state index in [0.29, 0.717) is 12.2 Å². The van der Waals surface area contributed by atoms with E-state index in [1.807, 2.05) is 55.6 Å². The molecule has 0 radical (unpaired) electrons. The molecule has 1 aromatic heterocycles. The molecular weight excluding hydrogens is 324 g/mol. The smallest absolute Gasteiger partial charge is 0.270 e. The first-order valence-corrected chi connectivity index (χ1v) is 8.54. The van der Waals surface area contributed by atoms with Crippen molar-refractivity contribution in [3.8, 4) is 5.75 Å². The lowest BCUT2D eigenvalue weighted by Gasteiger charge is -2.17. The van der Waals surface area contributed by atoms with Gasteiger partial charge in [-0.2, -0.15) is 0 Å². The van der Waals surface area contributed by atoms with E-state index in [1.54, 1.807) is 12.0 Å². The number of benzene rings is 3. The zero-order valence-electron chi connectivity index (χ0n) is 14.8. The van der Waals surface area contributed by atoms with E-state index in [2.05, 4.69) is 23.2 Å². The largest absolute Gasteiger partial charge is 0.497 e. The van der Waals surface area contributed by atoms with Crippen molar-refractivity contribution in [2.45, 2.75) is 6.54 Å². The molecule has 4 nitrogen and oxygen atoms in total. The highest BCUT2D eigenvalue weighted by Crippen LogP contribution is 2.23. The molecule has 3 aromatic carbocycles. The highest BCUT2D eigenvalue weighted by Gasteiger charge is 2.14. The van der Waals surface area contributed by atoms with E-state index >= 15 is 0 Å². The number of carbonyl (C=O) groups is 1. The van der Waals surface area contributed by atoms with Gasteiger partial charge in [0.1, 0.15) is 11.4 Å². The Morgan fingerprint density at radius 1 is 0.962 bits per heavy atom. The Balaban J connectivity index is 1.55. The fourth-order valence-corrected chi connectivity index (χ4v) is 3.24. The number of hydrogen-bond donors (Lipinski definition) is 1. The molecule has 0 atom stereocenters. The summed E-state index contributed by atoms with van der Waals surface area (Å²) in [5, 5.41) is 3.30. The quantitative estimate of drug-likeness (QED) is 0.588. The Hall–Kier alpha value is -3.27. The second-order valence-electron chi connectivity index (χ2n) is 6.48. The van der Waals surface area contributed by atoms with Gasteiger partial charge in [0.15, 0.2) is 0 Å². The summed E-state index contributed by atoms with van der Waals surface area (Å²) in [4.78, 5) is 17.7. The topological polar surface area (TPSA) is 45.3 Å². The van der Waals surface area contributed by atoms with Gasteiger partial charge in [0.2, 0.25) is 0 Å². The molecule has 0 fully saturated rings. The van der Waals surface area contributed by atoms with Gasteiger partial charge in [0.05, 0.1) is 7.11 Å². The Bertz CT molecular complexity index is 1060. The maximum atomic E-state index is 12.7. The van der Waals surface area contributed by atoms with E-state index < -0.39 is 0 Å². The van der Waals surface area contributed by atoms with Crippen LogP contribution >= 0.6 is 0 Å². The highest BCUT2D eigenvalue weighted by atomic mass is 16.5. The summed E-state index contributed by atoms with van der Waals surface area (Å²) in [6, 6.07) is 22.0. The molecule has 0 saturated heterocycles. The highest BCUT2D eigenvalue weighted by molar-refractivity contribution is 5.98.